The molecule has 0 radical (unpaired) electrons. The van der Waals surface area contributed by atoms with E-state index in [0.29, 0.717) is 11.6 Å². The Morgan fingerprint density at radius 1 is 1.21 bits per heavy atom. The molecular weight excluding hydrogens is 366 g/mol. The van der Waals surface area contributed by atoms with Crippen molar-refractivity contribution in [1.82, 2.24) is 14.6 Å². The van der Waals surface area contributed by atoms with E-state index in [1.54, 1.807) is 10.6 Å². The molecule has 1 saturated carbocycles. The van der Waals surface area contributed by atoms with Crippen molar-refractivity contribution in [2.24, 2.45) is 0 Å². The molecule has 1 aromatic carbocycles. The minimum absolute atomic E-state index is 0.0320. The summed E-state index contributed by atoms with van der Waals surface area (Å²) < 4.78 is 7.61. The summed E-state index contributed by atoms with van der Waals surface area (Å²) in [5, 5.41) is 14.9. The average Bonchev–Trinajstić information content (AvgIpc) is 3.37. The molecule has 3 aromatic heterocycles. The number of aromatic nitrogens is 3. The Bertz CT molecular complexity index is 1220. The highest BCUT2D eigenvalue weighted by molar-refractivity contribution is 5.87. The Kier molecular flexibility index (Phi) is 4.34. The normalized spacial score (nSPS) is 15.3. The number of carbonyl (C=O) groups is 1. The van der Waals surface area contributed by atoms with Crippen LogP contribution in [-0.2, 0) is 6.42 Å². The highest BCUT2D eigenvalue weighted by Gasteiger charge is 2.25. The van der Waals surface area contributed by atoms with Crippen molar-refractivity contribution in [1.29, 1.82) is 0 Å². The van der Waals surface area contributed by atoms with Gasteiger partial charge in [0.15, 0.2) is 11.3 Å². The Morgan fingerprint density at radius 3 is 2.79 bits per heavy atom. The first-order valence-corrected chi connectivity index (χ1v) is 10.3. The Labute approximate surface area is 168 Å². The Morgan fingerprint density at radius 2 is 2.03 bits per heavy atom. The number of carboxylic acids is 1. The van der Waals surface area contributed by atoms with Crippen molar-refractivity contribution in [3.05, 3.63) is 53.7 Å². The molecule has 3 heterocycles. The van der Waals surface area contributed by atoms with Crippen molar-refractivity contribution in [3.63, 3.8) is 0 Å². The maximum absolute atomic E-state index is 11.5. The van der Waals surface area contributed by atoms with E-state index in [1.165, 1.54) is 19.3 Å². The van der Waals surface area contributed by atoms with Crippen LogP contribution in [0.1, 0.15) is 66.9 Å². The summed E-state index contributed by atoms with van der Waals surface area (Å²) in [4.78, 5) is 16.0. The summed E-state index contributed by atoms with van der Waals surface area (Å²) in [6, 6.07) is 9.83. The third-order valence-corrected chi connectivity index (χ3v) is 5.96. The van der Waals surface area contributed by atoms with Crippen molar-refractivity contribution in [2.45, 2.75) is 51.4 Å². The maximum Gasteiger partial charge on any atom is 0.356 e. The molecular formula is C23H23N3O3. The van der Waals surface area contributed by atoms with Gasteiger partial charge in [-0.1, -0.05) is 32.3 Å². The minimum Gasteiger partial charge on any atom is -0.476 e. The van der Waals surface area contributed by atoms with Gasteiger partial charge in [0.05, 0.1) is 5.69 Å². The lowest BCUT2D eigenvalue weighted by Crippen LogP contribution is -2.13. The second-order valence-corrected chi connectivity index (χ2v) is 7.82. The zero-order valence-electron chi connectivity index (χ0n) is 16.4. The number of aryl methyl sites for hydroxylation is 1. The molecule has 29 heavy (non-hydrogen) atoms. The van der Waals surface area contributed by atoms with Crippen LogP contribution in [0.2, 0.25) is 0 Å². The summed E-state index contributed by atoms with van der Waals surface area (Å²) in [6.45, 7) is 2.08. The fraction of sp³-hybridized carbons (Fsp3) is 0.348. The summed E-state index contributed by atoms with van der Waals surface area (Å²) in [7, 11) is 0. The topological polar surface area (TPSA) is 80.6 Å². The van der Waals surface area contributed by atoms with Crippen LogP contribution in [0.25, 0.3) is 27.7 Å². The number of furan rings is 1. The quantitative estimate of drug-likeness (QED) is 0.502. The van der Waals surface area contributed by atoms with E-state index in [4.69, 9.17) is 4.42 Å². The number of nitrogens with zero attached hydrogens (tertiary/aromatic N) is 3. The zero-order chi connectivity index (χ0) is 20.0. The predicted molar refractivity (Wildman–Crippen MR) is 110 cm³/mol. The second-order valence-electron chi connectivity index (χ2n) is 7.82. The molecule has 1 N–H and O–H groups in total. The first kappa shape index (κ1) is 17.9. The lowest BCUT2D eigenvalue weighted by atomic mass is 9.84. The molecule has 1 fully saturated rings. The molecule has 4 aromatic rings. The van der Waals surface area contributed by atoms with Gasteiger partial charge in [-0.15, -0.1) is 0 Å². The molecule has 6 heteroatoms. The van der Waals surface area contributed by atoms with Gasteiger partial charge in [-0.2, -0.15) is 5.10 Å². The lowest BCUT2D eigenvalue weighted by molar-refractivity contribution is 0.0690. The van der Waals surface area contributed by atoms with Gasteiger partial charge in [0.2, 0.25) is 0 Å². The molecule has 5 rings (SSSR count). The SMILES string of the molecule is CCc1cc2cc(-c3cnc4cc(C(=O)O)nn4c3C3CCCCC3)ccc2o1. The molecule has 0 amide bonds. The van der Waals surface area contributed by atoms with E-state index in [0.717, 1.165) is 52.8 Å². The van der Waals surface area contributed by atoms with E-state index < -0.39 is 5.97 Å². The van der Waals surface area contributed by atoms with Gasteiger partial charge in [-0.25, -0.2) is 14.3 Å². The molecule has 1 aliphatic rings. The summed E-state index contributed by atoms with van der Waals surface area (Å²) in [6.07, 6.45) is 8.51. The minimum atomic E-state index is -1.03. The highest BCUT2D eigenvalue weighted by Crippen LogP contribution is 2.39. The third-order valence-electron chi connectivity index (χ3n) is 5.96. The van der Waals surface area contributed by atoms with Crippen LogP contribution in [0.5, 0.6) is 0 Å². The van der Waals surface area contributed by atoms with Crippen LogP contribution >= 0.6 is 0 Å². The van der Waals surface area contributed by atoms with Crippen molar-refractivity contribution in [2.75, 3.05) is 0 Å². The van der Waals surface area contributed by atoms with Crippen LogP contribution < -0.4 is 0 Å². The first-order chi connectivity index (χ1) is 14.1. The van der Waals surface area contributed by atoms with E-state index in [-0.39, 0.29) is 5.69 Å². The van der Waals surface area contributed by atoms with Crippen LogP contribution in [0.3, 0.4) is 0 Å². The smallest absolute Gasteiger partial charge is 0.356 e. The molecule has 0 spiro atoms. The van der Waals surface area contributed by atoms with Gasteiger partial charge in [0.1, 0.15) is 11.3 Å². The monoisotopic (exact) mass is 389 g/mol. The number of rotatable bonds is 4. The Hall–Kier alpha value is -3.15. The molecule has 0 saturated heterocycles. The maximum atomic E-state index is 11.5. The molecule has 6 nitrogen and oxygen atoms in total. The van der Waals surface area contributed by atoms with E-state index in [2.05, 4.69) is 35.2 Å². The van der Waals surface area contributed by atoms with Crippen LogP contribution in [-0.4, -0.2) is 25.7 Å². The van der Waals surface area contributed by atoms with E-state index in [1.807, 2.05) is 12.3 Å². The molecule has 0 aliphatic heterocycles. The number of benzene rings is 1. The van der Waals surface area contributed by atoms with Gasteiger partial charge in [0.25, 0.3) is 0 Å². The van der Waals surface area contributed by atoms with Gasteiger partial charge in [-0.3, -0.25) is 0 Å². The molecule has 1 aliphatic carbocycles. The number of hydrogen-bond acceptors (Lipinski definition) is 4. The number of carboxylic acid groups (broad SMARTS) is 1. The van der Waals surface area contributed by atoms with Crippen LogP contribution in [0.15, 0.2) is 40.9 Å². The predicted octanol–water partition coefficient (Wildman–Crippen LogP) is 5.45. The summed E-state index contributed by atoms with van der Waals surface area (Å²) in [5.41, 5.74) is 4.65. The largest absolute Gasteiger partial charge is 0.476 e. The fourth-order valence-corrected chi connectivity index (χ4v) is 4.49. The van der Waals surface area contributed by atoms with Crippen molar-refractivity contribution >= 4 is 22.6 Å². The molecule has 0 bridgehead atoms. The first-order valence-electron chi connectivity index (χ1n) is 10.3. The van der Waals surface area contributed by atoms with E-state index in [9.17, 15) is 9.90 Å². The Balaban J connectivity index is 1.72. The van der Waals surface area contributed by atoms with Gasteiger partial charge in [-0.05, 0) is 36.6 Å². The fourth-order valence-electron chi connectivity index (χ4n) is 4.49. The summed E-state index contributed by atoms with van der Waals surface area (Å²) in [5.74, 6) is 0.284. The highest BCUT2D eigenvalue weighted by atomic mass is 16.4. The van der Waals surface area contributed by atoms with Crippen molar-refractivity contribution in [3.8, 4) is 11.1 Å². The average molecular weight is 389 g/mol. The van der Waals surface area contributed by atoms with Gasteiger partial charge >= 0.3 is 5.97 Å². The summed E-state index contributed by atoms with van der Waals surface area (Å²) >= 11 is 0. The van der Waals surface area contributed by atoms with E-state index >= 15 is 0 Å². The molecule has 0 unspecified atom stereocenters. The standard InChI is InChI=1S/C23H23N3O3/c1-2-17-11-16-10-15(8-9-20(16)29-17)18-13-24-21-12-19(23(27)28)25-26(21)22(18)14-6-4-3-5-7-14/h8-14H,2-7H2,1H3,(H,27,28). The van der Waals surface area contributed by atoms with Gasteiger partial charge < -0.3 is 9.52 Å². The van der Waals surface area contributed by atoms with Crippen LogP contribution in [0.4, 0.5) is 0 Å². The third kappa shape index (κ3) is 3.09. The number of hydrogen-bond donors (Lipinski definition) is 1. The zero-order valence-corrected chi connectivity index (χ0v) is 16.4. The molecule has 148 valence electrons. The lowest BCUT2D eigenvalue weighted by Gasteiger charge is -2.24. The second kappa shape index (κ2) is 7.03. The van der Waals surface area contributed by atoms with Gasteiger partial charge in [0, 0.05) is 35.6 Å². The number of aromatic carboxylic acids is 1. The van der Waals surface area contributed by atoms with Crippen molar-refractivity contribution < 1.29 is 14.3 Å². The number of fused-ring (bicyclic) bond motifs is 2. The van der Waals surface area contributed by atoms with Crippen LogP contribution in [0, 0.1) is 0 Å². The molecule has 0 atom stereocenters.